The van der Waals surface area contributed by atoms with Crippen LogP contribution in [0.4, 0.5) is 5.69 Å². The highest BCUT2D eigenvalue weighted by molar-refractivity contribution is 7.90. The normalized spacial score (nSPS) is 15.4. The number of nitro benzene ring substituents is 1. The monoisotopic (exact) mass is 480 g/mol. The average Bonchev–Trinajstić information content (AvgIpc) is 3.14. The lowest BCUT2D eigenvalue weighted by molar-refractivity contribution is -0.384. The number of hydrogen-bond acceptors (Lipinski definition) is 7. The highest BCUT2D eigenvalue weighted by Crippen LogP contribution is 2.30. The summed E-state index contributed by atoms with van der Waals surface area (Å²) >= 11 is 0. The molecule has 1 aromatic heterocycles. The van der Waals surface area contributed by atoms with Crippen LogP contribution in [0.15, 0.2) is 53.6 Å². The fourth-order valence-electron chi connectivity index (χ4n) is 3.80. The van der Waals surface area contributed by atoms with Crippen molar-refractivity contribution in [3.05, 3.63) is 64.3 Å². The molecular formula is C21H25ClN4O5S. The van der Waals surface area contributed by atoms with Crippen LogP contribution in [0.25, 0.3) is 10.9 Å². The second-order valence-electron chi connectivity index (χ2n) is 7.67. The van der Waals surface area contributed by atoms with Gasteiger partial charge in [-0.25, -0.2) is 12.4 Å². The number of aromatic nitrogens is 1. The van der Waals surface area contributed by atoms with E-state index in [4.69, 9.17) is 4.74 Å². The molecule has 0 spiro atoms. The maximum atomic E-state index is 13.4. The third kappa shape index (κ3) is 4.58. The number of fused-ring (bicyclic) bond motifs is 1. The van der Waals surface area contributed by atoms with Gasteiger partial charge in [-0.3, -0.25) is 15.0 Å². The van der Waals surface area contributed by atoms with Gasteiger partial charge in [0.25, 0.3) is 15.7 Å². The molecule has 0 bridgehead atoms. The second-order valence-corrected chi connectivity index (χ2v) is 9.48. The van der Waals surface area contributed by atoms with Crippen LogP contribution >= 0.6 is 12.4 Å². The molecule has 1 aliphatic heterocycles. The van der Waals surface area contributed by atoms with Crippen LogP contribution in [0.1, 0.15) is 5.56 Å². The molecule has 2 aromatic carbocycles. The van der Waals surface area contributed by atoms with Gasteiger partial charge >= 0.3 is 0 Å². The highest BCUT2D eigenvalue weighted by Gasteiger charge is 2.24. The second kappa shape index (κ2) is 9.45. The predicted molar refractivity (Wildman–Crippen MR) is 124 cm³/mol. The number of likely N-dealkylation sites (N-methyl/N-ethyl adjacent to an activating group) is 1. The number of nitrogens with zero attached hydrogens (tertiary/aromatic N) is 4. The van der Waals surface area contributed by atoms with E-state index in [1.165, 1.54) is 41.4 Å². The molecule has 0 saturated carbocycles. The Hall–Kier alpha value is -2.66. The summed E-state index contributed by atoms with van der Waals surface area (Å²) in [6, 6.07) is 10.5. The molecule has 1 aliphatic rings. The van der Waals surface area contributed by atoms with Crippen molar-refractivity contribution in [2.24, 2.45) is 0 Å². The van der Waals surface area contributed by atoms with Crippen molar-refractivity contribution in [2.75, 3.05) is 40.3 Å². The highest BCUT2D eigenvalue weighted by atomic mass is 35.5. The Morgan fingerprint density at radius 2 is 1.72 bits per heavy atom. The zero-order valence-corrected chi connectivity index (χ0v) is 19.4. The molecule has 4 rings (SSSR count). The third-order valence-corrected chi connectivity index (χ3v) is 7.34. The number of methoxy groups -OCH3 is 1. The zero-order valence-electron chi connectivity index (χ0n) is 17.8. The summed E-state index contributed by atoms with van der Waals surface area (Å²) < 4.78 is 33.1. The van der Waals surface area contributed by atoms with E-state index in [9.17, 15) is 18.5 Å². The van der Waals surface area contributed by atoms with E-state index in [0.717, 1.165) is 31.7 Å². The number of rotatable bonds is 6. The van der Waals surface area contributed by atoms with E-state index in [1.807, 2.05) is 0 Å². The van der Waals surface area contributed by atoms with Gasteiger partial charge in [-0.05, 0) is 42.9 Å². The third-order valence-electron chi connectivity index (χ3n) is 5.65. The van der Waals surface area contributed by atoms with Crippen LogP contribution in [0, 0.1) is 10.1 Å². The maximum absolute atomic E-state index is 13.4. The molecule has 0 radical (unpaired) electrons. The van der Waals surface area contributed by atoms with Crippen molar-refractivity contribution in [3.8, 4) is 5.75 Å². The van der Waals surface area contributed by atoms with Crippen molar-refractivity contribution >= 4 is 39.0 Å². The molecular weight excluding hydrogens is 456 g/mol. The lowest BCUT2D eigenvalue weighted by atomic mass is 10.1. The van der Waals surface area contributed by atoms with Gasteiger partial charge < -0.3 is 9.64 Å². The molecule has 3 aromatic rings. The summed E-state index contributed by atoms with van der Waals surface area (Å²) in [4.78, 5) is 15.4. The number of non-ortho nitro benzene ring substituents is 1. The van der Waals surface area contributed by atoms with E-state index in [1.54, 1.807) is 18.3 Å². The van der Waals surface area contributed by atoms with Crippen molar-refractivity contribution in [1.82, 2.24) is 13.8 Å². The van der Waals surface area contributed by atoms with Crippen LogP contribution in [0.2, 0.25) is 0 Å². The predicted octanol–water partition coefficient (Wildman–Crippen LogP) is 2.96. The molecule has 0 unspecified atom stereocenters. The van der Waals surface area contributed by atoms with Gasteiger partial charge in [-0.15, -0.1) is 12.4 Å². The van der Waals surface area contributed by atoms with Gasteiger partial charge in [-0.1, -0.05) is 0 Å². The molecule has 0 aliphatic carbocycles. The van der Waals surface area contributed by atoms with Crippen molar-refractivity contribution < 1.29 is 18.1 Å². The quantitative estimate of drug-likeness (QED) is 0.395. The molecule has 11 heteroatoms. The lowest BCUT2D eigenvalue weighted by Crippen LogP contribution is -2.43. The van der Waals surface area contributed by atoms with Crippen molar-refractivity contribution in [2.45, 2.75) is 11.4 Å². The summed E-state index contributed by atoms with van der Waals surface area (Å²) in [5, 5.41) is 11.9. The minimum atomic E-state index is -3.89. The average molecular weight is 481 g/mol. The number of piperazine rings is 1. The van der Waals surface area contributed by atoms with Crippen molar-refractivity contribution in [1.29, 1.82) is 0 Å². The Morgan fingerprint density at radius 3 is 2.31 bits per heavy atom. The first-order chi connectivity index (χ1) is 14.8. The molecule has 1 fully saturated rings. The number of nitro groups is 1. The molecule has 0 amide bonds. The molecule has 172 valence electrons. The Labute approximate surface area is 192 Å². The van der Waals surface area contributed by atoms with Crippen LogP contribution in [-0.4, -0.2) is 67.4 Å². The molecule has 0 atom stereocenters. The maximum Gasteiger partial charge on any atom is 0.270 e. The number of hydrogen-bond donors (Lipinski definition) is 0. The largest absolute Gasteiger partial charge is 0.497 e. The van der Waals surface area contributed by atoms with Crippen LogP contribution in [0.5, 0.6) is 5.75 Å². The van der Waals surface area contributed by atoms with E-state index in [-0.39, 0.29) is 23.0 Å². The molecule has 2 heterocycles. The van der Waals surface area contributed by atoms with Crippen LogP contribution in [-0.2, 0) is 16.6 Å². The topological polar surface area (TPSA) is 97.9 Å². The summed E-state index contributed by atoms with van der Waals surface area (Å²) in [7, 11) is -0.310. The molecule has 1 saturated heterocycles. The van der Waals surface area contributed by atoms with Gasteiger partial charge in [0, 0.05) is 56.4 Å². The van der Waals surface area contributed by atoms with Gasteiger partial charge in [0.2, 0.25) is 0 Å². The minimum Gasteiger partial charge on any atom is -0.497 e. The summed E-state index contributed by atoms with van der Waals surface area (Å²) in [6.07, 6.45) is 1.59. The fourth-order valence-corrected chi connectivity index (χ4v) is 5.19. The van der Waals surface area contributed by atoms with E-state index in [2.05, 4.69) is 16.8 Å². The smallest absolute Gasteiger partial charge is 0.270 e. The van der Waals surface area contributed by atoms with Gasteiger partial charge in [0.1, 0.15) is 5.75 Å². The molecule has 9 nitrogen and oxygen atoms in total. The number of halogens is 1. The Bertz CT molecular complexity index is 1220. The van der Waals surface area contributed by atoms with Crippen LogP contribution in [0.3, 0.4) is 0 Å². The number of ether oxygens (including phenoxy) is 1. The standard InChI is InChI=1S/C21H24N4O5S.ClH/c1-22-9-11-23(12-10-22)14-16-15-24(21-8-3-17(25(26)27)13-20(16)21)31(28,29)19-6-4-18(30-2)5-7-19;/h3-8,13,15H,9-12,14H2,1-2H3;1H. The van der Waals surface area contributed by atoms with Gasteiger partial charge in [0.15, 0.2) is 0 Å². The van der Waals surface area contributed by atoms with E-state index >= 15 is 0 Å². The van der Waals surface area contributed by atoms with E-state index < -0.39 is 14.9 Å². The SMILES string of the molecule is COc1ccc(S(=O)(=O)n2cc(CN3CCN(C)CC3)c3cc([N+](=O)[O-])ccc32)cc1.Cl. The Balaban J connectivity index is 0.00000289. The summed E-state index contributed by atoms with van der Waals surface area (Å²) in [6.45, 7) is 4.06. The van der Waals surface area contributed by atoms with Gasteiger partial charge in [0.05, 0.1) is 22.4 Å². The molecule has 32 heavy (non-hydrogen) atoms. The van der Waals surface area contributed by atoms with Crippen LogP contribution < -0.4 is 4.74 Å². The first kappa shape index (κ1) is 24.0. The molecule has 0 N–H and O–H groups in total. The van der Waals surface area contributed by atoms with Gasteiger partial charge in [-0.2, -0.15) is 0 Å². The minimum absolute atomic E-state index is 0. The van der Waals surface area contributed by atoms with Crippen molar-refractivity contribution in [3.63, 3.8) is 0 Å². The first-order valence-electron chi connectivity index (χ1n) is 9.88. The fraction of sp³-hybridized carbons (Fsp3) is 0.333. The summed E-state index contributed by atoms with van der Waals surface area (Å²) in [5.41, 5.74) is 1.11. The Kier molecular flexibility index (Phi) is 7.09. The number of benzene rings is 2. The lowest BCUT2D eigenvalue weighted by Gasteiger charge is -2.32. The van der Waals surface area contributed by atoms with E-state index in [0.29, 0.717) is 23.2 Å². The Morgan fingerprint density at radius 1 is 1.06 bits per heavy atom. The summed E-state index contributed by atoms with van der Waals surface area (Å²) in [5.74, 6) is 0.558. The first-order valence-corrected chi connectivity index (χ1v) is 11.3. The zero-order chi connectivity index (χ0) is 22.2.